The second kappa shape index (κ2) is 13.2. The lowest BCUT2D eigenvalue weighted by atomic mass is 10.1. The van der Waals surface area contributed by atoms with Gasteiger partial charge in [-0.25, -0.2) is 0 Å². The third-order valence-electron chi connectivity index (χ3n) is 3.89. The van der Waals surface area contributed by atoms with Crippen LogP contribution in [0.4, 0.5) is 13.2 Å². The number of hydrogen-bond donors (Lipinski definition) is 2. The minimum absolute atomic E-state index is 0. The summed E-state index contributed by atoms with van der Waals surface area (Å²) in [6.45, 7) is 5.87. The lowest BCUT2D eigenvalue weighted by Gasteiger charge is -2.24. The van der Waals surface area contributed by atoms with Crippen LogP contribution in [0.5, 0.6) is 0 Å². The van der Waals surface area contributed by atoms with Gasteiger partial charge in [-0.15, -0.1) is 24.0 Å². The number of halogens is 4. The summed E-state index contributed by atoms with van der Waals surface area (Å²) in [5.41, 5.74) is 1.25. The molecule has 0 fully saturated rings. The van der Waals surface area contributed by atoms with Gasteiger partial charge in [0.25, 0.3) is 0 Å². The van der Waals surface area contributed by atoms with E-state index in [0.29, 0.717) is 25.1 Å². The summed E-state index contributed by atoms with van der Waals surface area (Å²) in [4.78, 5) is 6.61. The highest BCUT2D eigenvalue weighted by molar-refractivity contribution is 14.0. The summed E-state index contributed by atoms with van der Waals surface area (Å²) in [5, 5.41) is 5.69. The van der Waals surface area contributed by atoms with Crippen molar-refractivity contribution in [3.63, 3.8) is 0 Å². The van der Waals surface area contributed by atoms with E-state index >= 15 is 0 Å². The number of nitrogens with zero attached hydrogens (tertiary/aromatic N) is 2. The Kier molecular flexibility index (Phi) is 12.7. The zero-order valence-electron chi connectivity index (χ0n) is 15.6. The summed E-state index contributed by atoms with van der Waals surface area (Å²) in [6, 6.07) is 10.5. The summed E-state index contributed by atoms with van der Waals surface area (Å²) in [6.07, 6.45) is -4.19. The average molecular weight is 486 g/mol. The molecule has 2 N–H and O–H groups in total. The predicted molar refractivity (Wildman–Crippen MR) is 112 cm³/mol. The molecule has 1 aromatic rings. The number of hydrogen-bond acceptors (Lipinski definition) is 2. The zero-order valence-corrected chi connectivity index (χ0v) is 18.0. The lowest BCUT2D eigenvalue weighted by Crippen LogP contribution is -2.39. The van der Waals surface area contributed by atoms with E-state index < -0.39 is 12.6 Å². The fourth-order valence-electron chi connectivity index (χ4n) is 2.28. The second-order valence-electron chi connectivity index (χ2n) is 6.09. The second-order valence-corrected chi connectivity index (χ2v) is 6.09. The van der Waals surface area contributed by atoms with Crippen molar-refractivity contribution >= 4 is 29.9 Å². The Balaban J connectivity index is 0.00000625. The van der Waals surface area contributed by atoms with Crippen molar-refractivity contribution in [3.8, 4) is 0 Å². The monoisotopic (exact) mass is 486 g/mol. The van der Waals surface area contributed by atoms with Crippen LogP contribution in [-0.4, -0.2) is 49.8 Å². The minimum atomic E-state index is -4.15. The predicted octanol–water partition coefficient (Wildman–Crippen LogP) is 4.02. The Hall–Kier alpha value is -1.03. The fraction of sp³-hybridized carbons (Fsp3) is 0.611. The van der Waals surface area contributed by atoms with E-state index in [1.807, 2.05) is 25.1 Å². The molecule has 8 heteroatoms. The molecule has 1 rings (SSSR count). The van der Waals surface area contributed by atoms with Crippen LogP contribution in [0.15, 0.2) is 35.3 Å². The number of guanidine groups is 1. The van der Waals surface area contributed by atoms with Gasteiger partial charge in [0.2, 0.25) is 0 Å². The maximum absolute atomic E-state index is 12.2. The van der Waals surface area contributed by atoms with Gasteiger partial charge >= 0.3 is 6.18 Å². The summed E-state index contributed by atoms with van der Waals surface area (Å²) in [5.74, 6) is 0.435. The molecule has 1 atom stereocenters. The lowest BCUT2D eigenvalue weighted by molar-refractivity contribution is -0.132. The first kappa shape index (κ1) is 25.0. The summed E-state index contributed by atoms with van der Waals surface area (Å²) < 4.78 is 36.6. The highest BCUT2D eigenvalue weighted by atomic mass is 127. The maximum Gasteiger partial charge on any atom is 0.390 e. The molecular weight excluding hydrogens is 456 g/mol. The van der Waals surface area contributed by atoms with Crippen LogP contribution in [0, 0.1) is 0 Å². The van der Waals surface area contributed by atoms with Crippen molar-refractivity contribution in [2.45, 2.75) is 45.5 Å². The number of nitrogens with one attached hydrogen (secondary N) is 2. The first-order valence-corrected chi connectivity index (χ1v) is 8.65. The molecule has 4 nitrogen and oxygen atoms in total. The maximum atomic E-state index is 12.2. The third-order valence-corrected chi connectivity index (χ3v) is 3.89. The Labute approximate surface area is 171 Å². The molecule has 1 unspecified atom stereocenters. The molecule has 26 heavy (non-hydrogen) atoms. The molecule has 0 aromatic heterocycles. The van der Waals surface area contributed by atoms with Crippen molar-refractivity contribution in [3.05, 3.63) is 35.9 Å². The first-order valence-electron chi connectivity index (χ1n) is 8.65. The van der Waals surface area contributed by atoms with Crippen LogP contribution in [0.25, 0.3) is 0 Å². The van der Waals surface area contributed by atoms with E-state index in [9.17, 15) is 13.2 Å². The molecule has 0 amide bonds. The van der Waals surface area contributed by atoms with Gasteiger partial charge in [0.05, 0.1) is 6.42 Å². The molecule has 0 heterocycles. The van der Waals surface area contributed by atoms with Crippen molar-refractivity contribution < 1.29 is 13.2 Å². The van der Waals surface area contributed by atoms with Gasteiger partial charge in [0.1, 0.15) is 0 Å². The largest absolute Gasteiger partial charge is 0.390 e. The van der Waals surface area contributed by atoms with Crippen molar-refractivity contribution in [2.24, 2.45) is 4.99 Å². The SMILES string of the molecule is CCNC(=NCCC(C)N(C)Cc1ccccc1)NCCC(F)(F)F.I. The van der Waals surface area contributed by atoms with E-state index in [1.54, 1.807) is 0 Å². The topological polar surface area (TPSA) is 39.7 Å². The van der Waals surface area contributed by atoms with Gasteiger partial charge in [-0.1, -0.05) is 30.3 Å². The van der Waals surface area contributed by atoms with Crippen LogP contribution in [0.1, 0.15) is 32.3 Å². The fourth-order valence-corrected chi connectivity index (χ4v) is 2.28. The zero-order chi connectivity index (χ0) is 18.7. The molecule has 0 bridgehead atoms. The molecule has 0 aliphatic rings. The van der Waals surface area contributed by atoms with E-state index in [1.165, 1.54) is 5.56 Å². The first-order chi connectivity index (χ1) is 11.8. The van der Waals surface area contributed by atoms with E-state index in [-0.39, 0.29) is 30.5 Å². The Morgan fingerprint density at radius 3 is 2.42 bits per heavy atom. The minimum Gasteiger partial charge on any atom is -0.357 e. The summed E-state index contributed by atoms with van der Waals surface area (Å²) >= 11 is 0. The highest BCUT2D eigenvalue weighted by Gasteiger charge is 2.26. The molecule has 0 spiro atoms. The van der Waals surface area contributed by atoms with Crippen molar-refractivity contribution in [1.82, 2.24) is 15.5 Å². The van der Waals surface area contributed by atoms with Crippen LogP contribution < -0.4 is 10.6 Å². The Morgan fingerprint density at radius 2 is 1.85 bits per heavy atom. The van der Waals surface area contributed by atoms with E-state index in [2.05, 4.69) is 46.6 Å². The van der Waals surface area contributed by atoms with Crippen LogP contribution >= 0.6 is 24.0 Å². The van der Waals surface area contributed by atoms with Gasteiger partial charge in [-0.2, -0.15) is 13.2 Å². The standard InChI is InChI=1S/C18H29F3N4.HI/c1-4-22-17(24-13-11-18(19,20)21)23-12-10-15(2)25(3)14-16-8-6-5-7-9-16;/h5-9,15H,4,10-14H2,1-3H3,(H2,22,23,24);1H. The molecule has 0 aliphatic heterocycles. The van der Waals surface area contributed by atoms with E-state index in [4.69, 9.17) is 0 Å². The van der Waals surface area contributed by atoms with Crippen molar-refractivity contribution in [2.75, 3.05) is 26.7 Å². The van der Waals surface area contributed by atoms with Crippen LogP contribution in [0.2, 0.25) is 0 Å². The van der Waals surface area contributed by atoms with Crippen LogP contribution in [-0.2, 0) is 6.54 Å². The molecule has 150 valence electrons. The van der Waals surface area contributed by atoms with Gasteiger partial charge in [0, 0.05) is 32.2 Å². The van der Waals surface area contributed by atoms with Crippen molar-refractivity contribution in [1.29, 1.82) is 0 Å². The highest BCUT2D eigenvalue weighted by Crippen LogP contribution is 2.18. The Bertz CT molecular complexity index is 509. The normalized spacial score (nSPS) is 13.3. The number of benzene rings is 1. The molecule has 0 saturated heterocycles. The summed E-state index contributed by atoms with van der Waals surface area (Å²) in [7, 11) is 2.06. The number of alkyl halides is 3. The Morgan fingerprint density at radius 1 is 1.19 bits per heavy atom. The molecular formula is C18H30F3IN4. The third kappa shape index (κ3) is 11.6. The quantitative estimate of drug-likeness (QED) is 0.315. The van der Waals surface area contributed by atoms with Gasteiger partial charge in [-0.3, -0.25) is 9.89 Å². The van der Waals surface area contributed by atoms with Gasteiger partial charge in [-0.05, 0) is 32.9 Å². The number of rotatable bonds is 9. The van der Waals surface area contributed by atoms with Gasteiger partial charge in [0.15, 0.2) is 5.96 Å². The number of aliphatic imine (C=N–C) groups is 1. The average Bonchev–Trinajstić information content (AvgIpc) is 2.54. The molecule has 0 aliphatic carbocycles. The molecule has 1 aromatic carbocycles. The smallest absolute Gasteiger partial charge is 0.357 e. The molecule has 0 saturated carbocycles. The molecule has 0 radical (unpaired) electrons. The van der Waals surface area contributed by atoms with E-state index in [0.717, 1.165) is 13.0 Å². The van der Waals surface area contributed by atoms with Crippen LogP contribution in [0.3, 0.4) is 0 Å². The van der Waals surface area contributed by atoms with Gasteiger partial charge < -0.3 is 10.6 Å².